The van der Waals surface area contributed by atoms with Crippen LogP contribution in [0.1, 0.15) is 58.1 Å². The molecule has 2 atom stereocenters. The first-order chi connectivity index (χ1) is 13.8. The number of hydrogen-bond acceptors (Lipinski definition) is 6. The van der Waals surface area contributed by atoms with E-state index in [0.717, 1.165) is 35.1 Å². The maximum absolute atomic E-state index is 11.5. The second kappa shape index (κ2) is 9.94. The Labute approximate surface area is 186 Å². The van der Waals surface area contributed by atoms with Gasteiger partial charge in [-0.2, -0.15) is 0 Å². The van der Waals surface area contributed by atoms with Crippen LogP contribution in [0.5, 0.6) is 5.88 Å². The van der Waals surface area contributed by atoms with Crippen molar-refractivity contribution in [1.82, 2.24) is 14.7 Å². The van der Waals surface area contributed by atoms with Gasteiger partial charge in [-0.05, 0) is 54.5 Å². The average Bonchev–Trinajstić information content (AvgIpc) is 3.43. The second-order valence-corrected chi connectivity index (χ2v) is 10.9. The van der Waals surface area contributed by atoms with Crippen LogP contribution in [0.25, 0.3) is 10.8 Å². The highest BCUT2D eigenvalue weighted by molar-refractivity contribution is 7.85. The Morgan fingerprint density at radius 2 is 1.86 bits per heavy atom. The fourth-order valence-electron chi connectivity index (χ4n) is 3.35. The maximum atomic E-state index is 11.5. The smallest absolute Gasteiger partial charge is 0.223 e. The molecule has 2 aromatic heterocycles. The summed E-state index contributed by atoms with van der Waals surface area (Å²) in [6, 6.07) is 2.01. The van der Waals surface area contributed by atoms with E-state index in [0.29, 0.717) is 17.0 Å². The number of hydrogen-bond donors (Lipinski definition) is 2. The van der Waals surface area contributed by atoms with Crippen LogP contribution < -0.4 is 9.46 Å². The molecule has 1 N–H and O–H groups in total. The van der Waals surface area contributed by atoms with Gasteiger partial charge in [-0.25, -0.2) is 9.97 Å². The first-order valence-electron chi connectivity index (χ1n) is 10.1. The molecule has 2 aliphatic rings. The highest BCUT2D eigenvalue weighted by atomic mass is 35.5. The van der Waals surface area contributed by atoms with Gasteiger partial charge in [0.2, 0.25) is 5.88 Å². The zero-order chi connectivity index (χ0) is 21.1. The summed E-state index contributed by atoms with van der Waals surface area (Å²) in [5.41, 5.74) is 1.07. The van der Waals surface area contributed by atoms with Crippen LogP contribution in [0.15, 0.2) is 18.5 Å². The molecule has 2 unspecified atom stereocenters. The molecule has 160 valence electrons. The molecule has 4 rings (SSSR count). The number of ether oxygens (including phenoxy) is 1. The SMILES string of the molecule is CC(C)C.CS(=O)C1CC(Oc2ncc(C(NS)C3CC3)c3cc(Cl)ncc23)C1. The molecular formula is C21H30ClN3O2S2. The lowest BCUT2D eigenvalue weighted by atomic mass is 9.95. The van der Waals surface area contributed by atoms with Gasteiger partial charge in [-0.1, -0.05) is 45.2 Å². The molecule has 0 spiro atoms. The highest BCUT2D eigenvalue weighted by Gasteiger charge is 2.35. The average molecular weight is 456 g/mol. The fraction of sp³-hybridized carbons (Fsp3) is 0.619. The number of halogens is 1. The van der Waals surface area contributed by atoms with Gasteiger partial charge in [0.25, 0.3) is 0 Å². The predicted octanol–water partition coefficient (Wildman–Crippen LogP) is 5.12. The summed E-state index contributed by atoms with van der Waals surface area (Å²) >= 11 is 10.4. The molecule has 5 nitrogen and oxygen atoms in total. The van der Waals surface area contributed by atoms with Gasteiger partial charge in [0.15, 0.2) is 0 Å². The lowest BCUT2D eigenvalue weighted by molar-refractivity contribution is 0.121. The Balaban J connectivity index is 0.000000552. The van der Waals surface area contributed by atoms with Crippen molar-refractivity contribution < 1.29 is 8.95 Å². The van der Waals surface area contributed by atoms with E-state index in [1.165, 1.54) is 12.8 Å². The minimum Gasteiger partial charge on any atom is -0.474 e. The Bertz CT molecular complexity index is 868. The van der Waals surface area contributed by atoms with E-state index >= 15 is 0 Å². The molecule has 0 aliphatic heterocycles. The van der Waals surface area contributed by atoms with Crippen LogP contribution >= 0.6 is 24.4 Å². The molecule has 29 heavy (non-hydrogen) atoms. The van der Waals surface area contributed by atoms with Gasteiger partial charge in [0.05, 0.1) is 5.39 Å². The van der Waals surface area contributed by atoms with E-state index in [-0.39, 0.29) is 17.4 Å². The van der Waals surface area contributed by atoms with Gasteiger partial charge in [-0.3, -0.25) is 8.93 Å². The second-order valence-electron chi connectivity index (χ2n) is 8.58. The Kier molecular flexibility index (Phi) is 7.81. The van der Waals surface area contributed by atoms with Gasteiger partial charge >= 0.3 is 0 Å². The molecule has 2 aliphatic carbocycles. The molecule has 0 aromatic carbocycles. The first kappa shape index (κ1) is 22.8. The minimum absolute atomic E-state index is 0.0633. The van der Waals surface area contributed by atoms with Crippen LogP contribution in [0.3, 0.4) is 0 Å². The van der Waals surface area contributed by atoms with E-state index in [4.69, 9.17) is 16.3 Å². The number of nitrogens with zero attached hydrogens (tertiary/aromatic N) is 2. The van der Waals surface area contributed by atoms with Crippen molar-refractivity contribution >= 4 is 46.0 Å². The zero-order valence-corrected chi connectivity index (χ0v) is 19.9. The first-order valence-corrected chi connectivity index (χ1v) is 12.6. The summed E-state index contributed by atoms with van der Waals surface area (Å²) in [7, 11) is -0.789. The predicted molar refractivity (Wildman–Crippen MR) is 124 cm³/mol. The van der Waals surface area contributed by atoms with Crippen molar-refractivity contribution in [3.05, 3.63) is 29.2 Å². The normalized spacial score (nSPS) is 23.1. The van der Waals surface area contributed by atoms with Crippen molar-refractivity contribution in [2.75, 3.05) is 6.26 Å². The molecule has 0 saturated heterocycles. The third-order valence-electron chi connectivity index (χ3n) is 5.10. The van der Waals surface area contributed by atoms with Gasteiger partial charge < -0.3 is 4.74 Å². The largest absolute Gasteiger partial charge is 0.474 e. The summed E-state index contributed by atoms with van der Waals surface area (Å²) in [5, 5.41) is 2.54. The number of rotatable bonds is 6. The lowest BCUT2D eigenvalue weighted by Crippen LogP contribution is -2.40. The van der Waals surface area contributed by atoms with Gasteiger partial charge in [0.1, 0.15) is 11.3 Å². The van der Waals surface area contributed by atoms with Crippen LogP contribution in [-0.4, -0.2) is 31.8 Å². The number of aromatic nitrogens is 2. The van der Waals surface area contributed by atoms with E-state index in [2.05, 4.69) is 48.3 Å². The Morgan fingerprint density at radius 3 is 2.41 bits per heavy atom. The molecule has 2 fully saturated rings. The number of pyridine rings is 2. The van der Waals surface area contributed by atoms with Gasteiger partial charge in [-0.15, -0.1) is 0 Å². The standard InChI is InChI=1S/C17H20ClN3O2S2.C4H10/c1-25(22)11-4-10(5-11)23-17-14-8-19-15(18)6-12(14)13(7-20-17)16(21-24)9-2-3-9;1-4(2)3/h6-11,16,21,24H,2-5H2,1H3;4H,1-3H3. The third kappa shape index (κ3) is 5.84. The van der Waals surface area contributed by atoms with Crippen LogP contribution in [0, 0.1) is 11.8 Å². The summed E-state index contributed by atoms with van der Waals surface area (Å²) in [6.45, 7) is 6.50. The van der Waals surface area contributed by atoms with Crippen molar-refractivity contribution in [3.8, 4) is 5.88 Å². The monoisotopic (exact) mass is 455 g/mol. The number of nitrogens with one attached hydrogen (secondary N) is 1. The quantitative estimate of drug-likeness (QED) is 0.467. The van der Waals surface area contributed by atoms with E-state index < -0.39 is 10.8 Å². The van der Waals surface area contributed by atoms with Crippen LogP contribution in [0.2, 0.25) is 5.15 Å². The summed E-state index contributed by atoms with van der Waals surface area (Å²) in [5.74, 6) is 1.98. The molecular weight excluding hydrogens is 426 g/mol. The molecule has 0 amide bonds. The molecule has 0 bridgehead atoms. The minimum atomic E-state index is -0.789. The molecule has 8 heteroatoms. The number of fused-ring (bicyclic) bond motifs is 1. The Hall–Kier alpha value is -0.890. The van der Waals surface area contributed by atoms with Crippen LogP contribution in [0.4, 0.5) is 0 Å². The van der Waals surface area contributed by atoms with Crippen molar-refractivity contribution in [2.24, 2.45) is 11.8 Å². The maximum Gasteiger partial charge on any atom is 0.223 e. The van der Waals surface area contributed by atoms with Crippen molar-refractivity contribution in [3.63, 3.8) is 0 Å². The third-order valence-corrected chi connectivity index (χ3v) is 6.91. The summed E-state index contributed by atoms with van der Waals surface area (Å²) < 4.78 is 20.7. The van der Waals surface area contributed by atoms with Crippen LogP contribution in [-0.2, 0) is 10.8 Å². The summed E-state index contributed by atoms with van der Waals surface area (Å²) in [6.07, 6.45) is 9.37. The molecule has 2 saturated carbocycles. The molecule has 2 aromatic rings. The lowest BCUT2D eigenvalue weighted by Gasteiger charge is -2.33. The van der Waals surface area contributed by atoms with Crippen molar-refractivity contribution in [2.45, 2.75) is 63.9 Å². The molecule has 2 heterocycles. The summed E-state index contributed by atoms with van der Waals surface area (Å²) in [4.78, 5) is 8.76. The van der Waals surface area contributed by atoms with E-state index in [1.54, 1.807) is 12.5 Å². The fourth-order valence-corrected chi connectivity index (χ4v) is 4.83. The molecule has 0 radical (unpaired) electrons. The zero-order valence-electron chi connectivity index (χ0n) is 17.4. The van der Waals surface area contributed by atoms with E-state index in [1.807, 2.05) is 12.3 Å². The number of thiol groups is 1. The highest BCUT2D eigenvalue weighted by Crippen LogP contribution is 2.44. The topological polar surface area (TPSA) is 64.1 Å². The Morgan fingerprint density at radius 1 is 1.21 bits per heavy atom. The van der Waals surface area contributed by atoms with E-state index in [9.17, 15) is 4.21 Å². The van der Waals surface area contributed by atoms with Gasteiger partial charge in [0, 0.05) is 40.7 Å². The van der Waals surface area contributed by atoms with Crippen molar-refractivity contribution in [1.29, 1.82) is 0 Å².